The van der Waals surface area contributed by atoms with E-state index in [-0.39, 0.29) is 18.4 Å². The average Bonchev–Trinajstić information content (AvgIpc) is 2.31. The number of nitrogens with one attached hydrogen (secondary N) is 1. The van der Waals surface area contributed by atoms with Crippen LogP contribution in [-0.4, -0.2) is 23.2 Å². The maximum Gasteiger partial charge on any atom is 0.220 e. The van der Waals surface area contributed by atoms with Gasteiger partial charge in [-0.2, -0.15) is 0 Å². The highest BCUT2D eigenvalue weighted by Crippen LogP contribution is 2.15. The highest BCUT2D eigenvalue weighted by atomic mass is 35.5. The number of amides is 1. The fourth-order valence-electron chi connectivity index (χ4n) is 1.88. The Morgan fingerprint density at radius 2 is 1.95 bits per heavy atom. The van der Waals surface area contributed by atoms with Crippen LogP contribution in [0.25, 0.3) is 0 Å². The molecule has 0 aliphatic carbocycles. The fourth-order valence-corrected chi connectivity index (χ4v) is 2.01. The minimum atomic E-state index is -0.558. The van der Waals surface area contributed by atoms with Crippen LogP contribution in [0.4, 0.5) is 0 Å². The van der Waals surface area contributed by atoms with Crippen LogP contribution in [-0.2, 0) is 11.2 Å². The normalized spacial score (nSPS) is 13.1. The van der Waals surface area contributed by atoms with Gasteiger partial charge in [0.15, 0.2) is 0 Å². The molecule has 0 aliphatic rings. The molecule has 3 nitrogen and oxygen atoms in total. The van der Waals surface area contributed by atoms with Crippen molar-refractivity contribution >= 4 is 17.5 Å². The summed E-state index contributed by atoms with van der Waals surface area (Å²) in [4.78, 5) is 11.8. The Kier molecular flexibility index (Phi) is 5.83. The van der Waals surface area contributed by atoms with E-state index < -0.39 is 5.54 Å². The second kappa shape index (κ2) is 6.92. The molecule has 1 amide bonds. The molecule has 0 aromatic heterocycles. The Hall–Kier alpha value is -1.06. The summed E-state index contributed by atoms with van der Waals surface area (Å²) < 4.78 is 0. The van der Waals surface area contributed by atoms with Crippen LogP contribution in [0.2, 0.25) is 5.02 Å². The molecule has 0 aliphatic heterocycles. The van der Waals surface area contributed by atoms with Crippen LogP contribution in [0, 0.1) is 5.92 Å². The second-order valence-corrected chi connectivity index (χ2v) is 6.17. The molecule has 0 saturated heterocycles. The Morgan fingerprint density at radius 1 is 1.37 bits per heavy atom. The molecule has 0 bridgehead atoms. The Balaban J connectivity index is 2.44. The quantitative estimate of drug-likeness (QED) is 0.843. The maximum absolute atomic E-state index is 11.8. The van der Waals surface area contributed by atoms with Gasteiger partial charge in [0.25, 0.3) is 0 Å². The number of hydrogen-bond donors (Lipinski definition) is 2. The summed E-state index contributed by atoms with van der Waals surface area (Å²) in [5, 5.41) is 12.7. The average molecular weight is 284 g/mol. The highest BCUT2D eigenvalue weighted by molar-refractivity contribution is 6.30. The van der Waals surface area contributed by atoms with E-state index in [1.807, 2.05) is 31.2 Å². The Morgan fingerprint density at radius 3 is 2.47 bits per heavy atom. The molecule has 0 spiro atoms. The maximum atomic E-state index is 11.8. The van der Waals surface area contributed by atoms with Crippen molar-refractivity contribution in [2.75, 3.05) is 6.61 Å². The summed E-state index contributed by atoms with van der Waals surface area (Å²) in [5.41, 5.74) is 0.614. The lowest BCUT2D eigenvalue weighted by molar-refractivity contribution is -0.124. The van der Waals surface area contributed by atoms with E-state index in [0.29, 0.717) is 6.42 Å². The number of carbonyl (C=O) groups is 1. The molecule has 19 heavy (non-hydrogen) atoms. The van der Waals surface area contributed by atoms with Crippen molar-refractivity contribution in [1.82, 2.24) is 5.32 Å². The molecule has 2 N–H and O–H groups in total. The number of rotatable bonds is 6. The zero-order valence-electron chi connectivity index (χ0n) is 11.7. The third-order valence-corrected chi connectivity index (χ3v) is 3.16. The standard InChI is InChI=1S/C15H22ClNO2/c1-11(8-12-4-6-13(16)7-5-12)9-14(19)17-15(2,3)10-18/h4-7,11,18H,8-10H2,1-3H3,(H,17,19)/t11-/m1/s1. The molecule has 4 heteroatoms. The minimum Gasteiger partial charge on any atom is -0.394 e. The molecule has 0 unspecified atom stereocenters. The van der Waals surface area contributed by atoms with Gasteiger partial charge in [0.1, 0.15) is 0 Å². The topological polar surface area (TPSA) is 49.3 Å². The van der Waals surface area contributed by atoms with Gasteiger partial charge in [-0.1, -0.05) is 30.7 Å². The first-order valence-corrected chi connectivity index (χ1v) is 6.86. The van der Waals surface area contributed by atoms with Crippen molar-refractivity contribution in [3.63, 3.8) is 0 Å². The molecule has 0 saturated carbocycles. The molecular formula is C15H22ClNO2. The number of aliphatic hydroxyl groups is 1. The van der Waals surface area contributed by atoms with Crippen LogP contribution in [0.3, 0.4) is 0 Å². The van der Waals surface area contributed by atoms with Gasteiger partial charge in [-0.3, -0.25) is 4.79 Å². The van der Waals surface area contributed by atoms with Crippen LogP contribution in [0.15, 0.2) is 24.3 Å². The molecule has 0 radical (unpaired) electrons. The number of halogens is 1. The van der Waals surface area contributed by atoms with E-state index in [0.717, 1.165) is 11.4 Å². The minimum absolute atomic E-state index is 0.0273. The van der Waals surface area contributed by atoms with Crippen molar-refractivity contribution in [3.8, 4) is 0 Å². The van der Waals surface area contributed by atoms with Gasteiger partial charge in [-0.25, -0.2) is 0 Å². The van der Waals surface area contributed by atoms with Crippen molar-refractivity contribution in [2.24, 2.45) is 5.92 Å². The van der Waals surface area contributed by atoms with Gasteiger partial charge in [-0.05, 0) is 43.9 Å². The number of carbonyl (C=O) groups excluding carboxylic acids is 1. The van der Waals surface area contributed by atoms with Gasteiger partial charge in [0, 0.05) is 11.4 Å². The second-order valence-electron chi connectivity index (χ2n) is 5.73. The van der Waals surface area contributed by atoms with E-state index in [9.17, 15) is 4.79 Å². The van der Waals surface area contributed by atoms with Crippen LogP contribution >= 0.6 is 11.6 Å². The number of hydrogen-bond acceptors (Lipinski definition) is 2. The largest absolute Gasteiger partial charge is 0.394 e. The van der Waals surface area contributed by atoms with Crippen molar-refractivity contribution in [1.29, 1.82) is 0 Å². The first kappa shape index (κ1) is 16.0. The summed E-state index contributed by atoms with van der Waals surface area (Å²) >= 11 is 5.83. The molecule has 1 rings (SSSR count). The smallest absolute Gasteiger partial charge is 0.220 e. The lowest BCUT2D eigenvalue weighted by Crippen LogP contribution is -2.46. The van der Waals surface area contributed by atoms with Gasteiger partial charge in [-0.15, -0.1) is 0 Å². The predicted octanol–water partition coefficient (Wildman–Crippen LogP) is 2.80. The first-order chi connectivity index (χ1) is 8.82. The fraction of sp³-hybridized carbons (Fsp3) is 0.533. The Bertz CT molecular complexity index is 415. The predicted molar refractivity (Wildman–Crippen MR) is 78.2 cm³/mol. The molecule has 0 heterocycles. The molecule has 1 atom stereocenters. The zero-order valence-corrected chi connectivity index (χ0v) is 12.5. The summed E-state index contributed by atoms with van der Waals surface area (Å²) in [6.45, 7) is 5.58. The van der Waals surface area contributed by atoms with Crippen molar-refractivity contribution in [3.05, 3.63) is 34.9 Å². The van der Waals surface area contributed by atoms with Crippen LogP contribution < -0.4 is 5.32 Å². The lowest BCUT2D eigenvalue weighted by atomic mass is 9.97. The van der Waals surface area contributed by atoms with Crippen LogP contribution in [0.1, 0.15) is 32.8 Å². The van der Waals surface area contributed by atoms with E-state index in [2.05, 4.69) is 5.32 Å². The van der Waals surface area contributed by atoms with Crippen molar-refractivity contribution in [2.45, 2.75) is 39.2 Å². The van der Waals surface area contributed by atoms with E-state index in [1.54, 1.807) is 13.8 Å². The molecule has 1 aromatic carbocycles. The van der Waals surface area contributed by atoms with Crippen molar-refractivity contribution < 1.29 is 9.90 Å². The lowest BCUT2D eigenvalue weighted by Gasteiger charge is -2.24. The van der Waals surface area contributed by atoms with E-state index in [4.69, 9.17) is 16.7 Å². The third-order valence-electron chi connectivity index (χ3n) is 2.90. The van der Waals surface area contributed by atoms with Crippen LogP contribution in [0.5, 0.6) is 0 Å². The molecule has 1 aromatic rings. The monoisotopic (exact) mass is 283 g/mol. The highest BCUT2D eigenvalue weighted by Gasteiger charge is 2.20. The summed E-state index contributed by atoms with van der Waals surface area (Å²) in [6, 6.07) is 7.68. The van der Waals surface area contributed by atoms with Gasteiger partial charge < -0.3 is 10.4 Å². The summed E-state index contributed by atoms with van der Waals surface area (Å²) in [6.07, 6.45) is 1.29. The van der Waals surface area contributed by atoms with E-state index in [1.165, 1.54) is 5.56 Å². The van der Waals surface area contributed by atoms with Gasteiger partial charge in [0.05, 0.1) is 12.1 Å². The zero-order chi connectivity index (χ0) is 14.5. The SMILES string of the molecule is C[C@@H](CC(=O)NC(C)(C)CO)Cc1ccc(Cl)cc1. The summed E-state index contributed by atoms with van der Waals surface area (Å²) in [5.74, 6) is 0.219. The van der Waals surface area contributed by atoms with Gasteiger partial charge in [0.2, 0.25) is 5.91 Å². The third kappa shape index (κ3) is 6.08. The Labute approximate surface area is 120 Å². The molecule has 106 valence electrons. The summed E-state index contributed by atoms with van der Waals surface area (Å²) in [7, 11) is 0. The molecule has 0 fully saturated rings. The first-order valence-electron chi connectivity index (χ1n) is 6.49. The number of aliphatic hydroxyl groups excluding tert-OH is 1. The van der Waals surface area contributed by atoms with Gasteiger partial charge >= 0.3 is 0 Å². The number of benzene rings is 1. The van der Waals surface area contributed by atoms with E-state index >= 15 is 0 Å². The molecular weight excluding hydrogens is 262 g/mol.